The van der Waals surface area contributed by atoms with Crippen LogP contribution in [0.15, 0.2) is 16.8 Å². The highest BCUT2D eigenvalue weighted by atomic mass is 32.1. The zero-order valence-corrected chi connectivity index (χ0v) is 14.8. The molecular formula is C17H29NO3S. The van der Waals surface area contributed by atoms with Gasteiger partial charge in [0, 0.05) is 26.2 Å². The van der Waals surface area contributed by atoms with E-state index in [2.05, 4.69) is 21.7 Å². The Morgan fingerprint density at radius 1 is 1.50 bits per heavy atom. The van der Waals surface area contributed by atoms with E-state index in [1.807, 2.05) is 20.8 Å². The monoisotopic (exact) mass is 327 g/mol. The molecule has 1 fully saturated rings. The van der Waals surface area contributed by atoms with E-state index in [4.69, 9.17) is 9.47 Å². The Labute approximate surface area is 138 Å². The SMILES string of the molecule is CC(C)(C)OC[C@@H](O)CN(Cc1ccsc1)C[C@@H]1CCCO1. The number of aliphatic hydroxyl groups excluding tert-OH is 1. The number of aliphatic hydroxyl groups is 1. The van der Waals surface area contributed by atoms with Gasteiger partial charge in [0.25, 0.3) is 0 Å². The predicted octanol–water partition coefficient (Wildman–Crippen LogP) is 2.91. The molecule has 1 aromatic heterocycles. The number of nitrogens with zero attached hydrogens (tertiary/aromatic N) is 1. The Morgan fingerprint density at radius 3 is 2.91 bits per heavy atom. The lowest BCUT2D eigenvalue weighted by atomic mass is 10.2. The second kappa shape index (κ2) is 8.41. The fourth-order valence-corrected chi connectivity index (χ4v) is 3.28. The molecule has 0 aromatic carbocycles. The van der Waals surface area contributed by atoms with Gasteiger partial charge in [0.05, 0.1) is 24.4 Å². The van der Waals surface area contributed by atoms with Gasteiger partial charge in [-0.25, -0.2) is 0 Å². The lowest BCUT2D eigenvalue weighted by Crippen LogP contribution is -2.40. The first-order valence-corrected chi connectivity index (χ1v) is 9.04. The van der Waals surface area contributed by atoms with Crippen LogP contribution >= 0.6 is 11.3 Å². The first kappa shape index (κ1) is 17.9. The van der Waals surface area contributed by atoms with Crippen molar-refractivity contribution in [3.05, 3.63) is 22.4 Å². The van der Waals surface area contributed by atoms with Gasteiger partial charge in [-0.3, -0.25) is 4.90 Å². The number of thiophene rings is 1. The summed E-state index contributed by atoms with van der Waals surface area (Å²) in [5.74, 6) is 0. The normalized spacial score (nSPS) is 20.7. The van der Waals surface area contributed by atoms with Crippen molar-refractivity contribution in [1.29, 1.82) is 0 Å². The van der Waals surface area contributed by atoms with Gasteiger partial charge in [0.15, 0.2) is 0 Å². The van der Waals surface area contributed by atoms with Crippen molar-refractivity contribution >= 4 is 11.3 Å². The molecule has 0 spiro atoms. The zero-order valence-electron chi connectivity index (χ0n) is 14.0. The smallest absolute Gasteiger partial charge is 0.0900 e. The molecule has 2 atom stereocenters. The third kappa shape index (κ3) is 6.75. The maximum absolute atomic E-state index is 10.3. The molecule has 22 heavy (non-hydrogen) atoms. The molecule has 1 saturated heterocycles. The fraction of sp³-hybridized carbons (Fsp3) is 0.765. The molecular weight excluding hydrogens is 298 g/mol. The standard InChI is InChI=1S/C17H29NO3S/c1-17(2,3)21-12-15(19)10-18(9-14-6-8-22-13-14)11-16-5-4-7-20-16/h6,8,13,15-16,19H,4-5,7,9-12H2,1-3H3/t15-,16-/m0/s1. The van der Waals surface area contributed by atoms with Crippen LogP contribution in [0.5, 0.6) is 0 Å². The predicted molar refractivity (Wildman–Crippen MR) is 90.3 cm³/mol. The summed E-state index contributed by atoms with van der Waals surface area (Å²) in [5.41, 5.74) is 1.08. The van der Waals surface area contributed by atoms with Gasteiger partial charge < -0.3 is 14.6 Å². The van der Waals surface area contributed by atoms with E-state index < -0.39 is 6.10 Å². The summed E-state index contributed by atoms with van der Waals surface area (Å²) >= 11 is 1.71. The average molecular weight is 327 g/mol. The Bertz CT molecular complexity index is 410. The third-order valence-corrected chi connectivity index (χ3v) is 4.38. The number of rotatable bonds is 8. The number of ether oxygens (including phenoxy) is 2. The van der Waals surface area contributed by atoms with Crippen molar-refractivity contribution in [2.24, 2.45) is 0 Å². The molecule has 1 aliphatic heterocycles. The summed E-state index contributed by atoms with van der Waals surface area (Å²) < 4.78 is 11.4. The molecule has 2 rings (SSSR count). The highest BCUT2D eigenvalue weighted by Crippen LogP contribution is 2.17. The summed E-state index contributed by atoms with van der Waals surface area (Å²) in [5, 5.41) is 14.5. The molecule has 0 aliphatic carbocycles. The van der Waals surface area contributed by atoms with Crippen LogP contribution in [0, 0.1) is 0 Å². The van der Waals surface area contributed by atoms with Gasteiger partial charge in [0.1, 0.15) is 0 Å². The highest BCUT2D eigenvalue weighted by Gasteiger charge is 2.22. The maximum Gasteiger partial charge on any atom is 0.0900 e. The Balaban J connectivity index is 1.85. The second-order valence-electron chi connectivity index (χ2n) is 7.04. The summed E-state index contributed by atoms with van der Waals surface area (Å²) in [7, 11) is 0. The van der Waals surface area contributed by atoms with E-state index in [0.29, 0.717) is 19.3 Å². The first-order chi connectivity index (χ1) is 10.4. The van der Waals surface area contributed by atoms with E-state index in [1.54, 1.807) is 11.3 Å². The van der Waals surface area contributed by atoms with Crippen molar-refractivity contribution in [1.82, 2.24) is 4.90 Å². The molecule has 1 aromatic rings. The summed E-state index contributed by atoms with van der Waals surface area (Å²) in [6, 6.07) is 2.14. The minimum atomic E-state index is -0.473. The Kier molecular flexibility index (Phi) is 6.84. The van der Waals surface area contributed by atoms with Gasteiger partial charge in [-0.05, 0) is 56.0 Å². The molecule has 2 heterocycles. The third-order valence-electron chi connectivity index (χ3n) is 3.65. The molecule has 0 bridgehead atoms. The minimum absolute atomic E-state index is 0.215. The van der Waals surface area contributed by atoms with Crippen LogP contribution < -0.4 is 0 Å². The van der Waals surface area contributed by atoms with Gasteiger partial charge in [-0.1, -0.05) is 0 Å². The Hall–Kier alpha value is -0.460. The minimum Gasteiger partial charge on any atom is -0.389 e. The molecule has 5 heteroatoms. The summed E-state index contributed by atoms with van der Waals surface area (Å²) in [4.78, 5) is 2.29. The van der Waals surface area contributed by atoms with Crippen molar-refractivity contribution in [2.75, 3.05) is 26.3 Å². The fourth-order valence-electron chi connectivity index (χ4n) is 2.62. The van der Waals surface area contributed by atoms with Crippen LogP contribution in [0.4, 0.5) is 0 Å². The van der Waals surface area contributed by atoms with Crippen LogP contribution in [0.3, 0.4) is 0 Å². The lowest BCUT2D eigenvalue weighted by molar-refractivity contribution is -0.0594. The van der Waals surface area contributed by atoms with Crippen molar-refractivity contribution in [3.8, 4) is 0 Å². The number of hydrogen-bond donors (Lipinski definition) is 1. The van der Waals surface area contributed by atoms with Crippen LogP contribution in [0.2, 0.25) is 0 Å². The molecule has 1 N–H and O–H groups in total. The van der Waals surface area contributed by atoms with Crippen molar-refractivity contribution in [2.45, 2.75) is 58.0 Å². The van der Waals surface area contributed by atoms with Gasteiger partial charge in [0.2, 0.25) is 0 Å². The van der Waals surface area contributed by atoms with Gasteiger partial charge in [-0.2, -0.15) is 11.3 Å². The number of hydrogen-bond acceptors (Lipinski definition) is 5. The van der Waals surface area contributed by atoms with Crippen LogP contribution in [-0.2, 0) is 16.0 Å². The molecule has 0 unspecified atom stereocenters. The van der Waals surface area contributed by atoms with Crippen LogP contribution in [-0.4, -0.2) is 54.1 Å². The molecule has 1 aliphatic rings. The first-order valence-electron chi connectivity index (χ1n) is 8.09. The van der Waals surface area contributed by atoms with Crippen molar-refractivity contribution < 1.29 is 14.6 Å². The quantitative estimate of drug-likeness (QED) is 0.797. The summed E-state index contributed by atoms with van der Waals surface area (Å²) in [6.07, 6.45) is 2.09. The van der Waals surface area contributed by atoms with E-state index in [-0.39, 0.29) is 5.60 Å². The molecule has 4 nitrogen and oxygen atoms in total. The topological polar surface area (TPSA) is 41.9 Å². The second-order valence-corrected chi connectivity index (χ2v) is 7.82. The molecule has 0 radical (unpaired) electrons. The Morgan fingerprint density at radius 2 is 2.32 bits per heavy atom. The van der Waals surface area contributed by atoms with E-state index in [0.717, 1.165) is 32.5 Å². The largest absolute Gasteiger partial charge is 0.389 e. The van der Waals surface area contributed by atoms with E-state index >= 15 is 0 Å². The van der Waals surface area contributed by atoms with Gasteiger partial charge >= 0.3 is 0 Å². The van der Waals surface area contributed by atoms with Crippen LogP contribution in [0.1, 0.15) is 39.2 Å². The summed E-state index contributed by atoms with van der Waals surface area (Å²) in [6.45, 7) is 9.62. The molecule has 126 valence electrons. The van der Waals surface area contributed by atoms with Crippen molar-refractivity contribution in [3.63, 3.8) is 0 Å². The van der Waals surface area contributed by atoms with Crippen LogP contribution in [0.25, 0.3) is 0 Å². The highest BCUT2D eigenvalue weighted by molar-refractivity contribution is 7.07. The average Bonchev–Trinajstić information content (AvgIpc) is 3.09. The van der Waals surface area contributed by atoms with Gasteiger partial charge in [-0.15, -0.1) is 0 Å². The maximum atomic E-state index is 10.3. The molecule has 0 amide bonds. The molecule has 0 saturated carbocycles. The van der Waals surface area contributed by atoms with E-state index in [1.165, 1.54) is 5.56 Å². The van der Waals surface area contributed by atoms with E-state index in [9.17, 15) is 5.11 Å². The lowest BCUT2D eigenvalue weighted by Gasteiger charge is -2.28. The zero-order chi connectivity index (χ0) is 16.0.